The zero-order valence-electron chi connectivity index (χ0n) is 22.7. The topological polar surface area (TPSA) is 0 Å². The molecule has 192 valence electrons. The molecule has 0 heterocycles. The van der Waals surface area contributed by atoms with E-state index in [-0.39, 0.29) is 5.82 Å². The van der Waals surface area contributed by atoms with Gasteiger partial charge < -0.3 is 0 Å². The molecule has 4 rings (SSSR count). The van der Waals surface area contributed by atoms with Crippen molar-refractivity contribution in [3.8, 4) is 23.7 Å². The lowest BCUT2D eigenvalue weighted by atomic mass is 10.0. The molecule has 1 heteroatoms. The van der Waals surface area contributed by atoms with Crippen molar-refractivity contribution in [2.45, 2.75) is 71.6 Å². The Kier molecular flexibility index (Phi) is 10.2. The van der Waals surface area contributed by atoms with Gasteiger partial charge in [0.1, 0.15) is 5.82 Å². The zero-order valence-corrected chi connectivity index (χ0v) is 22.7. The number of aryl methyl sites for hydroxylation is 2. The van der Waals surface area contributed by atoms with E-state index in [1.165, 1.54) is 56.1 Å². The van der Waals surface area contributed by atoms with Crippen LogP contribution in [0, 0.1) is 29.5 Å². The Balaban J connectivity index is 1.42. The molecule has 0 atom stereocenters. The standard InChI is InChI=1S/C37H37F/c1-3-5-7-8-9-11-30-14-18-32(19-15-30)22-24-34-25-26-35-28-33(23-27-36(35)37(34)38)21-20-31-16-12-29(13-17-31)10-6-4-2/h12-19,23,25-28H,3-11H2,1-2H3. The first-order chi connectivity index (χ1) is 18.7. The fourth-order valence-electron chi connectivity index (χ4n) is 4.57. The van der Waals surface area contributed by atoms with Crippen LogP contribution in [0.1, 0.15) is 92.2 Å². The van der Waals surface area contributed by atoms with E-state index in [9.17, 15) is 0 Å². The average molecular weight is 501 g/mol. The highest BCUT2D eigenvalue weighted by Crippen LogP contribution is 2.22. The number of unbranched alkanes of at least 4 members (excludes halogenated alkanes) is 5. The van der Waals surface area contributed by atoms with Crippen molar-refractivity contribution >= 4 is 10.8 Å². The molecule has 38 heavy (non-hydrogen) atoms. The van der Waals surface area contributed by atoms with Gasteiger partial charge in [0.15, 0.2) is 0 Å². The molecule has 0 bridgehead atoms. The third kappa shape index (κ3) is 7.84. The molecule has 0 saturated carbocycles. The largest absolute Gasteiger partial charge is 0.205 e. The van der Waals surface area contributed by atoms with E-state index in [4.69, 9.17) is 0 Å². The zero-order chi connectivity index (χ0) is 26.6. The van der Waals surface area contributed by atoms with Crippen LogP contribution >= 0.6 is 0 Å². The Hall–Kier alpha value is -3.81. The summed E-state index contributed by atoms with van der Waals surface area (Å²) in [6, 6.07) is 26.2. The van der Waals surface area contributed by atoms with Gasteiger partial charge in [-0.1, -0.05) is 106 Å². The summed E-state index contributed by atoms with van der Waals surface area (Å²) in [5.41, 5.74) is 5.87. The number of fused-ring (bicyclic) bond motifs is 1. The maximum Gasteiger partial charge on any atom is 0.146 e. The molecule has 0 aliphatic rings. The van der Waals surface area contributed by atoms with Gasteiger partial charge in [-0.3, -0.25) is 0 Å². The highest BCUT2D eigenvalue weighted by atomic mass is 19.1. The Labute approximate surface area is 228 Å². The molecule has 0 amide bonds. The van der Waals surface area contributed by atoms with Crippen molar-refractivity contribution < 1.29 is 4.39 Å². The lowest BCUT2D eigenvalue weighted by Gasteiger charge is -2.03. The maximum atomic E-state index is 15.2. The predicted molar refractivity (Wildman–Crippen MR) is 160 cm³/mol. The van der Waals surface area contributed by atoms with Crippen LogP contribution in [0.5, 0.6) is 0 Å². The van der Waals surface area contributed by atoms with E-state index in [0.717, 1.165) is 34.9 Å². The number of rotatable bonds is 9. The van der Waals surface area contributed by atoms with E-state index < -0.39 is 0 Å². The summed E-state index contributed by atoms with van der Waals surface area (Å²) in [7, 11) is 0. The first-order valence-electron chi connectivity index (χ1n) is 14.1. The lowest BCUT2D eigenvalue weighted by Crippen LogP contribution is -1.88. The molecule has 0 nitrogen and oxygen atoms in total. The fourth-order valence-corrected chi connectivity index (χ4v) is 4.57. The predicted octanol–water partition coefficient (Wildman–Crippen LogP) is 9.63. The van der Waals surface area contributed by atoms with E-state index in [0.29, 0.717) is 10.9 Å². The summed E-state index contributed by atoms with van der Waals surface area (Å²) in [6.07, 6.45) is 11.1. The van der Waals surface area contributed by atoms with Crippen molar-refractivity contribution in [2.75, 3.05) is 0 Å². The Morgan fingerprint density at radius 1 is 0.526 bits per heavy atom. The highest BCUT2D eigenvalue weighted by molar-refractivity contribution is 5.86. The van der Waals surface area contributed by atoms with Crippen molar-refractivity contribution in [1.29, 1.82) is 0 Å². The van der Waals surface area contributed by atoms with Crippen LogP contribution in [0.2, 0.25) is 0 Å². The smallest absolute Gasteiger partial charge is 0.146 e. The SMILES string of the molecule is CCCCCCCc1ccc(C#Cc2ccc3cc(C#Cc4ccc(CCCC)cc4)ccc3c2F)cc1. The van der Waals surface area contributed by atoms with E-state index >= 15 is 4.39 Å². The molecule has 0 aromatic heterocycles. The first kappa shape index (κ1) is 27.2. The summed E-state index contributed by atoms with van der Waals surface area (Å²) in [6.45, 7) is 4.45. The molecule has 0 fully saturated rings. The maximum absolute atomic E-state index is 15.2. The minimum atomic E-state index is -0.277. The third-order valence-corrected chi connectivity index (χ3v) is 6.94. The van der Waals surface area contributed by atoms with Gasteiger partial charge in [-0.15, -0.1) is 0 Å². The van der Waals surface area contributed by atoms with Gasteiger partial charge in [0, 0.05) is 22.1 Å². The van der Waals surface area contributed by atoms with E-state index in [1.807, 2.05) is 36.4 Å². The van der Waals surface area contributed by atoms with Crippen LogP contribution in [-0.4, -0.2) is 0 Å². The molecule has 0 unspecified atom stereocenters. The summed E-state index contributed by atoms with van der Waals surface area (Å²) in [5.74, 6) is 12.3. The minimum absolute atomic E-state index is 0.277. The average Bonchev–Trinajstić information content (AvgIpc) is 2.95. The number of halogens is 1. The monoisotopic (exact) mass is 500 g/mol. The molecular weight excluding hydrogens is 463 g/mol. The summed E-state index contributed by atoms with van der Waals surface area (Å²) < 4.78 is 15.2. The van der Waals surface area contributed by atoms with Crippen molar-refractivity contribution in [1.82, 2.24) is 0 Å². The highest BCUT2D eigenvalue weighted by Gasteiger charge is 2.06. The van der Waals surface area contributed by atoms with Crippen LogP contribution in [0.25, 0.3) is 10.8 Å². The molecule has 0 saturated heterocycles. The summed E-state index contributed by atoms with van der Waals surface area (Å²) >= 11 is 0. The Morgan fingerprint density at radius 2 is 1.08 bits per heavy atom. The normalized spacial score (nSPS) is 10.5. The summed E-state index contributed by atoms with van der Waals surface area (Å²) in [4.78, 5) is 0. The number of hydrogen-bond acceptors (Lipinski definition) is 0. The second-order valence-electron chi connectivity index (χ2n) is 10.0. The van der Waals surface area contributed by atoms with Gasteiger partial charge in [-0.2, -0.15) is 0 Å². The van der Waals surface area contributed by atoms with Gasteiger partial charge in [-0.05, 0) is 84.7 Å². The van der Waals surface area contributed by atoms with Crippen LogP contribution in [0.3, 0.4) is 0 Å². The molecule has 0 aliphatic carbocycles. The molecule has 0 aliphatic heterocycles. The second kappa shape index (κ2) is 14.2. The molecular formula is C37H37F. The molecule has 0 radical (unpaired) electrons. The second-order valence-corrected chi connectivity index (χ2v) is 10.0. The minimum Gasteiger partial charge on any atom is -0.205 e. The number of benzene rings is 4. The van der Waals surface area contributed by atoms with Crippen molar-refractivity contribution in [3.63, 3.8) is 0 Å². The molecule has 0 N–H and O–H groups in total. The van der Waals surface area contributed by atoms with Gasteiger partial charge in [0.2, 0.25) is 0 Å². The summed E-state index contributed by atoms with van der Waals surface area (Å²) in [5, 5.41) is 1.40. The van der Waals surface area contributed by atoms with Crippen LogP contribution in [-0.2, 0) is 12.8 Å². The van der Waals surface area contributed by atoms with Gasteiger partial charge in [-0.25, -0.2) is 4.39 Å². The van der Waals surface area contributed by atoms with Crippen LogP contribution in [0.15, 0.2) is 78.9 Å². The van der Waals surface area contributed by atoms with Crippen molar-refractivity contribution in [2.24, 2.45) is 0 Å². The first-order valence-corrected chi connectivity index (χ1v) is 14.1. The lowest BCUT2D eigenvalue weighted by molar-refractivity contribution is 0.632. The Bertz CT molecular complexity index is 1450. The van der Waals surface area contributed by atoms with E-state index in [1.54, 1.807) is 6.07 Å². The quantitative estimate of drug-likeness (QED) is 0.158. The molecule has 4 aromatic rings. The van der Waals surface area contributed by atoms with Gasteiger partial charge in [0.25, 0.3) is 0 Å². The Morgan fingerprint density at radius 3 is 1.74 bits per heavy atom. The van der Waals surface area contributed by atoms with Gasteiger partial charge in [0.05, 0.1) is 5.56 Å². The van der Waals surface area contributed by atoms with Gasteiger partial charge >= 0.3 is 0 Å². The fraction of sp³-hybridized carbons (Fsp3) is 0.297. The molecule has 0 spiro atoms. The van der Waals surface area contributed by atoms with Crippen molar-refractivity contribution in [3.05, 3.63) is 118 Å². The van der Waals surface area contributed by atoms with Crippen LogP contribution in [0.4, 0.5) is 4.39 Å². The van der Waals surface area contributed by atoms with E-state index in [2.05, 4.69) is 73.9 Å². The third-order valence-electron chi connectivity index (χ3n) is 6.94. The van der Waals surface area contributed by atoms with Crippen LogP contribution < -0.4 is 0 Å². The number of hydrogen-bond donors (Lipinski definition) is 0. The molecule has 4 aromatic carbocycles.